The minimum atomic E-state index is 0.822. The first-order chi connectivity index (χ1) is 9.30. The highest BCUT2D eigenvalue weighted by atomic mass is 16.5. The molecule has 0 saturated heterocycles. The Bertz CT molecular complexity index is 367. The monoisotopic (exact) mass is 261 g/mol. The van der Waals surface area contributed by atoms with E-state index in [4.69, 9.17) is 4.74 Å². The van der Waals surface area contributed by atoms with Gasteiger partial charge in [0.15, 0.2) is 0 Å². The average molecular weight is 261 g/mol. The van der Waals surface area contributed by atoms with E-state index in [2.05, 4.69) is 49.5 Å². The highest BCUT2D eigenvalue weighted by molar-refractivity contribution is 5.54. The van der Waals surface area contributed by atoms with E-state index in [0.29, 0.717) is 0 Å². The molecule has 1 aromatic carbocycles. The summed E-state index contributed by atoms with van der Waals surface area (Å²) in [6.07, 6.45) is 6.94. The van der Waals surface area contributed by atoms with Crippen LogP contribution in [0.1, 0.15) is 45.1 Å². The van der Waals surface area contributed by atoms with Gasteiger partial charge >= 0.3 is 0 Å². The first-order valence-electron chi connectivity index (χ1n) is 7.37. The zero-order valence-corrected chi connectivity index (χ0v) is 12.5. The predicted octanol–water partition coefficient (Wildman–Crippen LogP) is 4.27. The summed E-state index contributed by atoms with van der Waals surface area (Å²) in [7, 11) is 1.98. The standard InChI is InChI=1S/C17H27NO/c1-4-6-7-12-19-17-10-8-16(9-11-17)13-15(5-2)14-18-3/h8-11,13,18H,4-7,12,14H2,1-3H3. The van der Waals surface area contributed by atoms with Crippen molar-refractivity contribution in [2.45, 2.75) is 39.5 Å². The van der Waals surface area contributed by atoms with Crippen LogP contribution in [0, 0.1) is 0 Å². The number of hydrogen-bond acceptors (Lipinski definition) is 2. The Morgan fingerprint density at radius 3 is 2.47 bits per heavy atom. The number of likely N-dealkylation sites (N-methyl/N-ethyl adjacent to an activating group) is 1. The molecular formula is C17H27NO. The van der Waals surface area contributed by atoms with Crippen LogP contribution in [0.25, 0.3) is 6.08 Å². The van der Waals surface area contributed by atoms with Crippen LogP contribution in [-0.4, -0.2) is 20.2 Å². The minimum absolute atomic E-state index is 0.822. The maximum Gasteiger partial charge on any atom is 0.119 e. The molecule has 2 heteroatoms. The Morgan fingerprint density at radius 2 is 1.89 bits per heavy atom. The summed E-state index contributed by atoms with van der Waals surface area (Å²) in [5, 5.41) is 3.20. The van der Waals surface area contributed by atoms with Crippen molar-refractivity contribution in [2.24, 2.45) is 0 Å². The molecule has 0 fully saturated rings. The second-order valence-corrected chi connectivity index (χ2v) is 4.81. The smallest absolute Gasteiger partial charge is 0.119 e. The summed E-state index contributed by atoms with van der Waals surface area (Å²) in [4.78, 5) is 0. The van der Waals surface area contributed by atoms with E-state index in [9.17, 15) is 0 Å². The Balaban J connectivity index is 2.51. The fourth-order valence-corrected chi connectivity index (χ4v) is 1.94. The van der Waals surface area contributed by atoms with Gasteiger partial charge in [-0.1, -0.05) is 50.5 Å². The summed E-state index contributed by atoms with van der Waals surface area (Å²) in [5.41, 5.74) is 2.66. The molecule has 0 saturated carbocycles. The molecular weight excluding hydrogens is 234 g/mol. The lowest BCUT2D eigenvalue weighted by Crippen LogP contribution is -2.09. The molecule has 0 radical (unpaired) electrons. The fraction of sp³-hybridized carbons (Fsp3) is 0.529. The van der Waals surface area contributed by atoms with Crippen LogP contribution < -0.4 is 10.1 Å². The van der Waals surface area contributed by atoms with Gasteiger partial charge in [-0.3, -0.25) is 0 Å². The summed E-state index contributed by atoms with van der Waals surface area (Å²) >= 11 is 0. The SMILES string of the molecule is CCCCCOc1ccc(C=C(CC)CNC)cc1. The fourth-order valence-electron chi connectivity index (χ4n) is 1.94. The molecule has 0 heterocycles. The molecule has 2 nitrogen and oxygen atoms in total. The average Bonchev–Trinajstić information content (AvgIpc) is 2.45. The lowest BCUT2D eigenvalue weighted by Gasteiger charge is -2.07. The molecule has 0 spiro atoms. The molecule has 0 aliphatic heterocycles. The summed E-state index contributed by atoms with van der Waals surface area (Å²) in [5.74, 6) is 0.972. The normalized spacial score (nSPS) is 11.6. The summed E-state index contributed by atoms with van der Waals surface area (Å²) < 4.78 is 5.71. The van der Waals surface area contributed by atoms with Crippen LogP contribution in [0.15, 0.2) is 29.8 Å². The van der Waals surface area contributed by atoms with E-state index in [-0.39, 0.29) is 0 Å². The highest BCUT2D eigenvalue weighted by Gasteiger charge is 1.96. The lowest BCUT2D eigenvalue weighted by molar-refractivity contribution is 0.306. The second kappa shape index (κ2) is 9.62. The number of nitrogens with one attached hydrogen (secondary N) is 1. The van der Waals surface area contributed by atoms with E-state index >= 15 is 0 Å². The van der Waals surface area contributed by atoms with Crippen LogP contribution in [0.4, 0.5) is 0 Å². The van der Waals surface area contributed by atoms with Crippen molar-refractivity contribution in [1.29, 1.82) is 0 Å². The highest BCUT2D eigenvalue weighted by Crippen LogP contribution is 2.15. The van der Waals surface area contributed by atoms with Crippen LogP contribution in [0.3, 0.4) is 0 Å². The number of ether oxygens (including phenoxy) is 1. The molecule has 1 N–H and O–H groups in total. The first-order valence-corrected chi connectivity index (χ1v) is 7.37. The van der Waals surface area contributed by atoms with Crippen LogP contribution >= 0.6 is 0 Å². The van der Waals surface area contributed by atoms with Gasteiger partial charge < -0.3 is 10.1 Å². The third kappa shape index (κ3) is 6.44. The van der Waals surface area contributed by atoms with Crippen molar-refractivity contribution in [3.63, 3.8) is 0 Å². The molecule has 0 aliphatic rings. The first kappa shape index (κ1) is 15.8. The van der Waals surface area contributed by atoms with E-state index in [1.807, 2.05) is 7.05 Å². The third-order valence-electron chi connectivity index (χ3n) is 3.13. The van der Waals surface area contributed by atoms with Gasteiger partial charge in [0.25, 0.3) is 0 Å². The Kier molecular flexibility index (Phi) is 7.99. The molecule has 0 aliphatic carbocycles. The molecule has 0 atom stereocenters. The topological polar surface area (TPSA) is 21.3 Å². The molecule has 0 unspecified atom stereocenters. The number of rotatable bonds is 9. The molecule has 0 aromatic heterocycles. The van der Waals surface area contributed by atoms with Crippen molar-refractivity contribution < 1.29 is 4.74 Å². The lowest BCUT2D eigenvalue weighted by atomic mass is 10.1. The van der Waals surface area contributed by atoms with Gasteiger partial charge in [-0.25, -0.2) is 0 Å². The minimum Gasteiger partial charge on any atom is -0.494 e. The van der Waals surface area contributed by atoms with Gasteiger partial charge in [-0.05, 0) is 37.6 Å². The van der Waals surface area contributed by atoms with Gasteiger partial charge in [0.1, 0.15) is 5.75 Å². The zero-order valence-electron chi connectivity index (χ0n) is 12.5. The second-order valence-electron chi connectivity index (χ2n) is 4.81. The van der Waals surface area contributed by atoms with Crippen molar-refractivity contribution >= 4 is 6.08 Å². The quantitative estimate of drug-likeness (QED) is 0.670. The van der Waals surface area contributed by atoms with Crippen molar-refractivity contribution in [2.75, 3.05) is 20.2 Å². The van der Waals surface area contributed by atoms with Crippen LogP contribution in [0.2, 0.25) is 0 Å². The Labute approximate surface area is 117 Å². The molecule has 0 bridgehead atoms. The van der Waals surface area contributed by atoms with Gasteiger partial charge in [0, 0.05) is 6.54 Å². The molecule has 19 heavy (non-hydrogen) atoms. The van der Waals surface area contributed by atoms with Crippen molar-refractivity contribution in [3.05, 3.63) is 35.4 Å². The zero-order chi connectivity index (χ0) is 13.9. The summed E-state index contributed by atoms with van der Waals surface area (Å²) in [6, 6.07) is 8.37. The molecule has 1 rings (SSSR count). The van der Waals surface area contributed by atoms with E-state index in [0.717, 1.165) is 31.7 Å². The van der Waals surface area contributed by atoms with E-state index < -0.39 is 0 Å². The Morgan fingerprint density at radius 1 is 1.16 bits per heavy atom. The third-order valence-corrected chi connectivity index (χ3v) is 3.13. The van der Waals surface area contributed by atoms with Crippen molar-refractivity contribution in [3.8, 4) is 5.75 Å². The predicted molar refractivity (Wildman–Crippen MR) is 83.7 cm³/mol. The van der Waals surface area contributed by atoms with Crippen LogP contribution in [-0.2, 0) is 0 Å². The number of benzene rings is 1. The van der Waals surface area contributed by atoms with E-state index in [1.165, 1.54) is 24.0 Å². The van der Waals surface area contributed by atoms with Gasteiger partial charge in [0.05, 0.1) is 6.61 Å². The van der Waals surface area contributed by atoms with Gasteiger partial charge in [-0.15, -0.1) is 0 Å². The summed E-state index contributed by atoms with van der Waals surface area (Å²) in [6.45, 7) is 6.17. The largest absolute Gasteiger partial charge is 0.494 e. The molecule has 1 aromatic rings. The number of unbranched alkanes of at least 4 members (excludes halogenated alkanes) is 2. The van der Waals surface area contributed by atoms with Gasteiger partial charge in [0.2, 0.25) is 0 Å². The number of hydrogen-bond donors (Lipinski definition) is 1. The van der Waals surface area contributed by atoms with Crippen molar-refractivity contribution in [1.82, 2.24) is 5.32 Å². The van der Waals surface area contributed by atoms with Gasteiger partial charge in [-0.2, -0.15) is 0 Å². The molecule has 0 amide bonds. The maximum atomic E-state index is 5.71. The van der Waals surface area contributed by atoms with Crippen LogP contribution in [0.5, 0.6) is 5.75 Å². The van der Waals surface area contributed by atoms with E-state index in [1.54, 1.807) is 0 Å². The molecule has 106 valence electrons. The Hall–Kier alpha value is -1.28. The maximum absolute atomic E-state index is 5.71.